The maximum atomic E-state index is 4.87. The molecule has 2 aliphatic rings. The van der Waals surface area contributed by atoms with E-state index in [0.717, 1.165) is 0 Å². The number of hydrogen-bond donors (Lipinski definition) is 2. The van der Waals surface area contributed by atoms with Gasteiger partial charge in [0.25, 0.3) is 0 Å². The van der Waals surface area contributed by atoms with Crippen molar-refractivity contribution in [3.05, 3.63) is 36.2 Å². The maximum absolute atomic E-state index is 4.87. The van der Waals surface area contributed by atoms with E-state index in [1.807, 2.05) is 0 Å². The monoisotopic (exact) mass is 170 g/mol. The van der Waals surface area contributed by atoms with Crippen molar-refractivity contribution in [2.75, 3.05) is 0 Å². The van der Waals surface area contributed by atoms with Gasteiger partial charge in [-0.1, -0.05) is 0 Å². The molecule has 0 spiro atoms. The largest absolute Gasteiger partial charge is 0.381 e. The highest BCUT2D eigenvalue weighted by molar-refractivity contribution is 5.23. The van der Waals surface area contributed by atoms with Gasteiger partial charge in [-0.15, -0.1) is 0 Å². The van der Waals surface area contributed by atoms with E-state index in [1.165, 1.54) is 12.5 Å². The lowest BCUT2D eigenvalue weighted by atomic mass is 10.4. The Morgan fingerprint density at radius 2 is 1.33 bits per heavy atom. The minimum atomic E-state index is 0.494. The molecule has 0 bridgehead atoms. The lowest BCUT2D eigenvalue weighted by Crippen LogP contribution is -2.20. The van der Waals surface area contributed by atoms with Gasteiger partial charge in [-0.25, -0.2) is 0 Å². The average Bonchev–Trinajstić information content (AvgIpc) is 2.21. The van der Waals surface area contributed by atoms with Gasteiger partial charge in [0.15, 0.2) is 11.5 Å². The van der Waals surface area contributed by atoms with Gasteiger partial charge in [-0.2, -0.15) is 0 Å². The zero-order valence-electron chi connectivity index (χ0n) is 5.94. The Bertz CT molecular complexity index is 232. The lowest BCUT2D eigenvalue weighted by Gasteiger charge is -2.16. The third-order valence-electron chi connectivity index (χ3n) is 1.22. The van der Waals surface area contributed by atoms with Crippen LogP contribution in [0.25, 0.3) is 0 Å². The first kappa shape index (κ1) is 7.01. The third-order valence-corrected chi connectivity index (χ3v) is 1.22. The topological polar surface area (TPSA) is 61.0 Å². The normalized spacial score (nSPS) is 26.7. The predicted octanol–water partition coefficient (Wildman–Crippen LogP) is 0.158. The van der Waals surface area contributed by atoms with E-state index in [9.17, 15) is 0 Å². The zero-order valence-corrected chi connectivity index (χ0v) is 5.94. The summed E-state index contributed by atoms with van der Waals surface area (Å²) in [7, 11) is 0. The Morgan fingerprint density at radius 1 is 0.833 bits per heavy atom. The fourth-order valence-corrected chi connectivity index (χ4v) is 0.718. The molecule has 2 aliphatic heterocycles. The van der Waals surface area contributed by atoms with E-state index in [1.54, 1.807) is 12.2 Å². The second-order valence-corrected chi connectivity index (χ2v) is 1.94. The molecule has 0 aromatic carbocycles. The molecular weight excluding hydrogens is 164 g/mol. The molecule has 2 heterocycles. The van der Waals surface area contributed by atoms with Crippen molar-refractivity contribution >= 4 is 0 Å². The van der Waals surface area contributed by atoms with Crippen molar-refractivity contribution in [1.29, 1.82) is 0 Å². The van der Waals surface area contributed by atoms with Crippen molar-refractivity contribution in [1.82, 2.24) is 11.3 Å². The van der Waals surface area contributed by atoms with E-state index in [2.05, 4.69) is 21.0 Å². The van der Waals surface area contributed by atoms with Gasteiger partial charge in [0.2, 0.25) is 0 Å². The van der Waals surface area contributed by atoms with E-state index >= 15 is 0 Å². The molecule has 0 unspecified atom stereocenters. The predicted molar refractivity (Wildman–Crippen MR) is 35.9 cm³/mol. The molecule has 2 rings (SSSR count). The van der Waals surface area contributed by atoms with Crippen LogP contribution in [0, 0.1) is 0 Å². The average molecular weight is 170 g/mol. The Kier molecular flexibility index (Phi) is 1.85. The van der Waals surface area contributed by atoms with E-state index in [4.69, 9.17) is 9.68 Å². The summed E-state index contributed by atoms with van der Waals surface area (Å²) in [6.45, 7) is 0. The van der Waals surface area contributed by atoms with Crippen LogP contribution in [0.1, 0.15) is 0 Å². The fraction of sp³-hybridized carbons (Fsp3) is 0. The van der Waals surface area contributed by atoms with Gasteiger partial charge in [0.05, 0.1) is 0 Å². The third kappa shape index (κ3) is 1.34. The van der Waals surface area contributed by atoms with Gasteiger partial charge >= 0.3 is 0 Å². The molecule has 6 heteroatoms. The van der Waals surface area contributed by atoms with Crippen molar-refractivity contribution < 1.29 is 19.4 Å². The molecular formula is C6H6N2O4. The number of nitrogens with one attached hydrogen (secondary N) is 2. The molecule has 64 valence electrons. The Labute approximate surface area is 67.9 Å². The van der Waals surface area contributed by atoms with Crippen LogP contribution in [0.5, 0.6) is 0 Å². The van der Waals surface area contributed by atoms with Crippen molar-refractivity contribution in [3.63, 3.8) is 0 Å². The highest BCUT2D eigenvalue weighted by Gasteiger charge is 2.11. The standard InChI is InChI=1S/C6H6N2O4/c1-3-9-7-11-5(1)6-2-4-10-8-12-6/h1-4,7-8H. The van der Waals surface area contributed by atoms with E-state index < -0.39 is 0 Å². The summed E-state index contributed by atoms with van der Waals surface area (Å²) < 4.78 is 0. The molecule has 0 saturated carbocycles. The summed E-state index contributed by atoms with van der Waals surface area (Å²) in [6, 6.07) is 0. The molecule has 0 aromatic rings. The first-order valence-corrected chi connectivity index (χ1v) is 3.19. The first-order valence-electron chi connectivity index (χ1n) is 3.19. The quantitative estimate of drug-likeness (QED) is 0.540. The molecule has 0 atom stereocenters. The second kappa shape index (κ2) is 3.16. The lowest BCUT2D eigenvalue weighted by molar-refractivity contribution is -0.135. The molecule has 12 heavy (non-hydrogen) atoms. The first-order chi connectivity index (χ1) is 5.97. The van der Waals surface area contributed by atoms with Crippen molar-refractivity contribution in [3.8, 4) is 0 Å². The van der Waals surface area contributed by atoms with Crippen LogP contribution in [-0.4, -0.2) is 0 Å². The summed E-state index contributed by atoms with van der Waals surface area (Å²) in [4.78, 5) is 18.9. The van der Waals surface area contributed by atoms with Crippen LogP contribution in [0.4, 0.5) is 0 Å². The second-order valence-electron chi connectivity index (χ2n) is 1.94. The van der Waals surface area contributed by atoms with Gasteiger partial charge < -0.3 is 19.4 Å². The van der Waals surface area contributed by atoms with Crippen molar-refractivity contribution in [2.45, 2.75) is 0 Å². The van der Waals surface area contributed by atoms with Gasteiger partial charge in [-0.3, -0.25) is 0 Å². The van der Waals surface area contributed by atoms with Crippen molar-refractivity contribution in [2.24, 2.45) is 0 Å². The fourth-order valence-electron chi connectivity index (χ4n) is 0.718. The Morgan fingerprint density at radius 3 is 1.67 bits per heavy atom. The van der Waals surface area contributed by atoms with E-state index in [-0.39, 0.29) is 0 Å². The summed E-state index contributed by atoms with van der Waals surface area (Å²) in [5.74, 6) is 0.988. The zero-order chi connectivity index (χ0) is 8.23. The minimum absolute atomic E-state index is 0.494. The molecule has 6 nitrogen and oxygen atoms in total. The van der Waals surface area contributed by atoms with Gasteiger partial charge in [0.1, 0.15) is 12.5 Å². The number of hydrogen-bond acceptors (Lipinski definition) is 6. The van der Waals surface area contributed by atoms with Crippen LogP contribution < -0.4 is 11.3 Å². The molecule has 0 aliphatic carbocycles. The van der Waals surface area contributed by atoms with Crippen LogP contribution in [0.3, 0.4) is 0 Å². The highest BCUT2D eigenvalue weighted by atomic mass is 16.9. The van der Waals surface area contributed by atoms with Gasteiger partial charge in [-0.05, 0) is 0 Å². The summed E-state index contributed by atoms with van der Waals surface area (Å²) in [5, 5.41) is 0. The molecule has 0 aromatic heterocycles. The molecule has 0 fully saturated rings. The Balaban J connectivity index is 2.21. The number of allylic oxidation sites excluding steroid dienone is 2. The molecule has 2 N–H and O–H groups in total. The summed E-state index contributed by atoms with van der Waals surface area (Å²) in [5.41, 5.74) is 4.41. The molecule has 0 amide bonds. The van der Waals surface area contributed by atoms with E-state index in [0.29, 0.717) is 11.5 Å². The minimum Gasteiger partial charge on any atom is -0.381 e. The highest BCUT2D eigenvalue weighted by Crippen LogP contribution is 2.13. The van der Waals surface area contributed by atoms with Crippen LogP contribution >= 0.6 is 0 Å². The van der Waals surface area contributed by atoms with Crippen LogP contribution in [0.2, 0.25) is 0 Å². The van der Waals surface area contributed by atoms with Crippen LogP contribution in [-0.2, 0) is 19.4 Å². The number of rotatable bonds is 0. The SMILES string of the molecule is C1=CC(=C2C=CONO2)ONO1. The Hall–Kier alpha value is -1.66. The van der Waals surface area contributed by atoms with Crippen LogP contribution in [0.15, 0.2) is 36.2 Å². The molecule has 0 saturated heterocycles. The summed E-state index contributed by atoms with van der Waals surface area (Å²) in [6.07, 6.45) is 6.06. The van der Waals surface area contributed by atoms with Gasteiger partial charge in [0, 0.05) is 23.4 Å². The summed E-state index contributed by atoms with van der Waals surface area (Å²) >= 11 is 0. The maximum Gasteiger partial charge on any atom is 0.199 e. The smallest absolute Gasteiger partial charge is 0.199 e. The molecule has 0 radical (unpaired) electrons.